The molecule has 30 heavy (non-hydrogen) atoms. The molecule has 5 heteroatoms. The minimum Gasteiger partial charge on any atom is -0.426 e. The van der Waals surface area contributed by atoms with E-state index in [9.17, 15) is 14.4 Å². The fraction of sp³-hybridized carbons (Fsp3) is 0.320. The van der Waals surface area contributed by atoms with Gasteiger partial charge < -0.3 is 4.74 Å². The second-order valence-electron chi connectivity index (χ2n) is 8.80. The summed E-state index contributed by atoms with van der Waals surface area (Å²) in [6.45, 7) is 0. The first-order valence-corrected chi connectivity index (χ1v) is 10.5. The van der Waals surface area contributed by atoms with Crippen molar-refractivity contribution in [3.8, 4) is 5.75 Å². The smallest absolute Gasteiger partial charge is 0.315 e. The maximum atomic E-state index is 13.2. The molecule has 6 atom stereocenters. The molecule has 2 aromatic carbocycles. The van der Waals surface area contributed by atoms with Gasteiger partial charge in [-0.1, -0.05) is 48.6 Å². The van der Waals surface area contributed by atoms with E-state index in [-0.39, 0.29) is 47.9 Å². The van der Waals surface area contributed by atoms with Crippen LogP contribution in [0.3, 0.4) is 0 Å². The third-order valence-corrected chi connectivity index (χ3v) is 7.16. The van der Waals surface area contributed by atoms with Gasteiger partial charge >= 0.3 is 5.97 Å². The van der Waals surface area contributed by atoms with E-state index in [0.29, 0.717) is 23.3 Å². The molecule has 0 unspecified atom stereocenters. The fourth-order valence-corrected chi connectivity index (χ4v) is 5.83. The maximum absolute atomic E-state index is 13.2. The Morgan fingerprint density at radius 3 is 2.23 bits per heavy atom. The van der Waals surface area contributed by atoms with Crippen molar-refractivity contribution >= 4 is 23.5 Å². The molecule has 2 saturated carbocycles. The van der Waals surface area contributed by atoms with Gasteiger partial charge in [-0.3, -0.25) is 14.4 Å². The summed E-state index contributed by atoms with van der Waals surface area (Å²) >= 11 is 0. The van der Waals surface area contributed by atoms with Crippen LogP contribution in [0.5, 0.6) is 5.75 Å². The van der Waals surface area contributed by atoms with Crippen molar-refractivity contribution in [3.05, 3.63) is 72.3 Å². The van der Waals surface area contributed by atoms with Gasteiger partial charge in [0, 0.05) is 6.07 Å². The zero-order chi connectivity index (χ0) is 20.4. The molecule has 0 radical (unpaired) electrons. The number of benzene rings is 2. The predicted molar refractivity (Wildman–Crippen MR) is 109 cm³/mol. The molecule has 1 aliphatic heterocycles. The average Bonchev–Trinajstić information content (AvgIpc) is 3.52. The summed E-state index contributed by atoms with van der Waals surface area (Å²) in [5.41, 5.74) is 1.35. The van der Waals surface area contributed by atoms with Crippen LogP contribution in [0.1, 0.15) is 12.0 Å². The van der Waals surface area contributed by atoms with Gasteiger partial charge in [0.15, 0.2) is 0 Å². The lowest BCUT2D eigenvalue weighted by Gasteiger charge is -2.37. The van der Waals surface area contributed by atoms with E-state index in [1.54, 1.807) is 24.3 Å². The Bertz CT molecular complexity index is 1060. The summed E-state index contributed by atoms with van der Waals surface area (Å²) in [5, 5.41) is 0. The highest BCUT2D eigenvalue weighted by Crippen LogP contribution is 2.65. The largest absolute Gasteiger partial charge is 0.426 e. The quantitative estimate of drug-likeness (QED) is 0.342. The zero-order valence-electron chi connectivity index (χ0n) is 16.3. The van der Waals surface area contributed by atoms with Crippen LogP contribution in [0.25, 0.3) is 0 Å². The summed E-state index contributed by atoms with van der Waals surface area (Å²) in [7, 11) is 0. The Morgan fingerprint density at radius 2 is 1.57 bits per heavy atom. The lowest BCUT2D eigenvalue weighted by Crippen LogP contribution is -2.40. The SMILES string of the molecule is O=C(Cc1ccccc1)Oc1cccc(N2C(=O)[C@@H]3[C@H]4C=C[C@H]([C@H]5C[C@H]45)[C@@H]3C2=O)c1. The molecule has 2 amide bonds. The summed E-state index contributed by atoms with van der Waals surface area (Å²) < 4.78 is 5.49. The number of allylic oxidation sites excluding steroid dienone is 2. The molecular formula is C25H21NO4. The van der Waals surface area contributed by atoms with Crippen molar-refractivity contribution in [2.45, 2.75) is 12.8 Å². The van der Waals surface area contributed by atoms with Crippen LogP contribution in [-0.2, 0) is 20.8 Å². The van der Waals surface area contributed by atoms with Gasteiger partial charge in [0.1, 0.15) is 5.75 Å². The number of hydrogen-bond acceptors (Lipinski definition) is 4. The van der Waals surface area contributed by atoms with Gasteiger partial charge in [0.05, 0.1) is 23.9 Å². The Kier molecular flexibility index (Phi) is 3.76. The molecule has 2 aromatic rings. The molecule has 0 aromatic heterocycles. The Hall–Kier alpha value is -3.21. The third-order valence-electron chi connectivity index (χ3n) is 7.16. The number of imide groups is 1. The van der Waals surface area contributed by atoms with Crippen LogP contribution in [0.4, 0.5) is 5.69 Å². The minimum atomic E-state index is -0.381. The van der Waals surface area contributed by atoms with Crippen molar-refractivity contribution in [3.63, 3.8) is 0 Å². The van der Waals surface area contributed by atoms with E-state index in [0.717, 1.165) is 12.0 Å². The summed E-state index contributed by atoms with van der Waals surface area (Å²) in [5.74, 6) is 0.801. The second kappa shape index (κ2) is 6.39. The van der Waals surface area contributed by atoms with Gasteiger partial charge in [0.2, 0.25) is 11.8 Å². The van der Waals surface area contributed by atoms with Crippen LogP contribution < -0.4 is 9.64 Å². The van der Waals surface area contributed by atoms with Crippen LogP contribution >= 0.6 is 0 Å². The molecule has 7 rings (SSSR count). The fourth-order valence-electron chi connectivity index (χ4n) is 5.83. The van der Waals surface area contributed by atoms with Crippen molar-refractivity contribution in [1.82, 2.24) is 0 Å². The van der Waals surface area contributed by atoms with E-state index < -0.39 is 0 Å². The number of carbonyl (C=O) groups excluding carboxylic acids is 3. The van der Waals surface area contributed by atoms with E-state index in [2.05, 4.69) is 12.2 Å². The van der Waals surface area contributed by atoms with Gasteiger partial charge in [0.25, 0.3) is 0 Å². The van der Waals surface area contributed by atoms with E-state index in [4.69, 9.17) is 4.74 Å². The number of hydrogen-bond donors (Lipinski definition) is 0. The molecular weight excluding hydrogens is 378 g/mol. The van der Waals surface area contributed by atoms with E-state index >= 15 is 0 Å². The summed E-state index contributed by atoms with van der Waals surface area (Å²) in [4.78, 5) is 40.1. The molecule has 1 heterocycles. The molecule has 0 spiro atoms. The maximum Gasteiger partial charge on any atom is 0.315 e. The highest BCUT2D eigenvalue weighted by Gasteiger charge is 2.67. The van der Waals surface area contributed by atoms with Gasteiger partial charge in [-0.25, -0.2) is 4.90 Å². The number of nitrogens with zero attached hydrogens (tertiary/aromatic N) is 1. The molecule has 5 aliphatic rings. The number of esters is 1. The second-order valence-corrected chi connectivity index (χ2v) is 8.80. The highest BCUT2D eigenvalue weighted by molar-refractivity contribution is 6.22. The van der Waals surface area contributed by atoms with Crippen molar-refractivity contribution in [2.75, 3.05) is 4.90 Å². The molecule has 1 saturated heterocycles. The molecule has 2 bridgehead atoms. The lowest BCUT2D eigenvalue weighted by atomic mass is 9.63. The summed E-state index contributed by atoms with van der Waals surface area (Å²) in [6, 6.07) is 16.1. The lowest BCUT2D eigenvalue weighted by molar-refractivity contribution is -0.133. The molecule has 5 nitrogen and oxygen atoms in total. The molecule has 150 valence electrons. The van der Waals surface area contributed by atoms with Crippen molar-refractivity contribution in [2.24, 2.45) is 35.5 Å². The van der Waals surface area contributed by atoms with Crippen LogP contribution in [0.15, 0.2) is 66.7 Å². The molecule has 3 fully saturated rings. The molecule has 4 aliphatic carbocycles. The third kappa shape index (κ3) is 2.58. The number of amides is 2. The van der Waals surface area contributed by atoms with Gasteiger partial charge in [-0.2, -0.15) is 0 Å². The van der Waals surface area contributed by atoms with E-state index in [1.807, 2.05) is 30.3 Å². The van der Waals surface area contributed by atoms with Gasteiger partial charge in [-0.15, -0.1) is 0 Å². The Morgan fingerprint density at radius 1 is 0.900 bits per heavy atom. The topological polar surface area (TPSA) is 63.7 Å². The van der Waals surface area contributed by atoms with Crippen molar-refractivity contribution in [1.29, 1.82) is 0 Å². The first-order valence-electron chi connectivity index (χ1n) is 10.5. The number of anilines is 1. The van der Waals surface area contributed by atoms with Gasteiger partial charge in [-0.05, 0) is 47.8 Å². The van der Waals surface area contributed by atoms with E-state index in [1.165, 1.54) is 4.90 Å². The first kappa shape index (κ1) is 17.6. The number of carbonyl (C=O) groups is 3. The molecule has 0 N–H and O–H groups in total. The monoisotopic (exact) mass is 399 g/mol. The average molecular weight is 399 g/mol. The Balaban J connectivity index is 1.23. The normalized spacial score (nSPS) is 32.7. The van der Waals surface area contributed by atoms with Crippen molar-refractivity contribution < 1.29 is 19.1 Å². The number of rotatable bonds is 4. The summed E-state index contributed by atoms with van der Waals surface area (Å²) in [6.07, 6.45) is 5.63. The van der Waals surface area contributed by atoms with Crippen LogP contribution in [0, 0.1) is 35.5 Å². The first-order chi connectivity index (χ1) is 14.6. The standard InChI is InChI=1S/C25H21NO4/c27-21(11-14-5-2-1-3-6-14)30-16-8-4-7-15(12-16)26-24(28)22-17-9-10-18(20-13-19(17)20)23(22)25(26)29/h1-10,12,17-20,22-23H,11,13H2/t17-,18+,19-,20-,22+,23-/m1/s1. The number of ether oxygens (including phenoxy) is 1. The van der Waals surface area contributed by atoms with Crippen LogP contribution in [-0.4, -0.2) is 17.8 Å². The van der Waals surface area contributed by atoms with Crippen LogP contribution in [0.2, 0.25) is 0 Å². The Labute approximate surface area is 174 Å². The predicted octanol–water partition coefficient (Wildman–Crippen LogP) is 3.39. The highest BCUT2D eigenvalue weighted by atomic mass is 16.5. The zero-order valence-corrected chi connectivity index (χ0v) is 16.3. The minimum absolute atomic E-state index is 0.109.